The maximum Gasteiger partial charge on any atom is 0.328 e. The molecule has 6 nitrogen and oxygen atoms in total. The number of aryl methyl sites for hydroxylation is 4. The van der Waals surface area contributed by atoms with E-state index in [0.717, 1.165) is 52.2 Å². The van der Waals surface area contributed by atoms with E-state index in [1.54, 1.807) is 12.4 Å². The minimum atomic E-state index is 0. The third-order valence-electron chi connectivity index (χ3n) is 8.24. The number of rotatable bonds is 8. The Hall–Kier alpha value is -2.66. The third-order valence-corrected chi connectivity index (χ3v) is 8.24. The molecule has 12 heteroatoms. The van der Waals surface area contributed by atoms with Gasteiger partial charge >= 0.3 is 11.6 Å². The van der Waals surface area contributed by atoms with Crippen LogP contribution < -0.4 is 77.1 Å². The number of halogens is 4. The standard InChI is InChI=1S/C41H40N6.4BrH.2Fe/c1-7-46(38-19-13-17-36(44-38)34-15-9-11-21-42-34)40-30(5)23-28(3)25-32(40)27-33-26-29(4)24-31(6)41(33)47(8-2)39-20-14-18-37(45-39)35-16-10-12-22-43-35;;;;;;/h7-26H,27H2,1-6H3;4*1H;;/q+2;;;;;;/p-4. The fourth-order valence-electron chi connectivity index (χ4n) is 6.44. The molecular weight excluding hydrogens is 1010 g/mol. The van der Waals surface area contributed by atoms with Crippen LogP contribution in [0, 0.1) is 27.7 Å². The van der Waals surface area contributed by atoms with Crippen LogP contribution in [0.2, 0.25) is 0 Å². The SMILES string of the molecule is CC=[N+](c1cccc(-c2ccccn2)n1)c1c(C)cc(C)cc1Cc1cc(C)cc(C)c1[N+](=CC)c1cccc(-c2ccccn2)n1.[Br-].[Br-].[Br-].[Br-].[Fe].[Fe]. The zero-order chi connectivity index (χ0) is 32.9. The van der Waals surface area contributed by atoms with Crippen molar-refractivity contribution in [2.75, 3.05) is 0 Å². The molecule has 0 aliphatic heterocycles. The third kappa shape index (κ3) is 11.7. The molecule has 6 aromatic rings. The van der Waals surface area contributed by atoms with E-state index < -0.39 is 0 Å². The van der Waals surface area contributed by atoms with E-state index in [1.165, 1.54) is 33.4 Å². The average molecular weight is 1050 g/mol. The molecule has 6 rings (SSSR count). The molecule has 2 aromatic carbocycles. The molecule has 280 valence electrons. The molecule has 0 unspecified atom stereocenters. The van der Waals surface area contributed by atoms with Gasteiger partial charge in [0.05, 0.1) is 12.4 Å². The summed E-state index contributed by atoms with van der Waals surface area (Å²) >= 11 is 0. The summed E-state index contributed by atoms with van der Waals surface area (Å²) < 4.78 is 4.42. The van der Waals surface area contributed by atoms with E-state index in [1.807, 2.05) is 48.5 Å². The molecule has 4 heterocycles. The van der Waals surface area contributed by atoms with Gasteiger partial charge in [0.1, 0.15) is 22.8 Å². The molecule has 0 saturated heterocycles. The van der Waals surface area contributed by atoms with Crippen molar-refractivity contribution in [1.82, 2.24) is 29.1 Å². The van der Waals surface area contributed by atoms with Crippen LogP contribution in [0.25, 0.3) is 22.8 Å². The first kappa shape index (κ1) is 50.3. The second kappa shape index (κ2) is 23.3. The van der Waals surface area contributed by atoms with Crippen molar-refractivity contribution in [3.05, 3.63) is 143 Å². The fraction of sp³-hybridized carbons (Fsp3) is 0.171. The Labute approximate surface area is 376 Å². The van der Waals surface area contributed by atoms with Gasteiger partial charge in [-0.15, -0.1) is 0 Å². The normalized spacial score (nSPS) is 10.6. The number of pyridine rings is 4. The van der Waals surface area contributed by atoms with E-state index in [-0.39, 0.29) is 102 Å². The summed E-state index contributed by atoms with van der Waals surface area (Å²) in [5, 5.41) is 0. The Morgan fingerprint density at radius 3 is 1.21 bits per heavy atom. The summed E-state index contributed by atoms with van der Waals surface area (Å²) in [6.07, 6.45) is 8.54. The van der Waals surface area contributed by atoms with Gasteiger partial charge in [0, 0.05) is 76.2 Å². The van der Waals surface area contributed by atoms with E-state index in [9.17, 15) is 0 Å². The van der Waals surface area contributed by atoms with Crippen molar-refractivity contribution in [3.63, 3.8) is 0 Å². The van der Waals surface area contributed by atoms with Gasteiger partial charge in [-0.2, -0.15) is 0 Å². The van der Waals surface area contributed by atoms with Gasteiger partial charge in [0.15, 0.2) is 0 Å². The van der Waals surface area contributed by atoms with Gasteiger partial charge in [-0.3, -0.25) is 9.97 Å². The Kier molecular flexibility index (Phi) is 22.1. The van der Waals surface area contributed by atoms with Gasteiger partial charge in [-0.1, -0.05) is 47.5 Å². The molecule has 4 aromatic heterocycles. The van der Waals surface area contributed by atoms with Gasteiger partial charge < -0.3 is 67.9 Å². The molecule has 0 saturated carbocycles. The van der Waals surface area contributed by atoms with E-state index >= 15 is 0 Å². The predicted molar refractivity (Wildman–Crippen MR) is 196 cm³/mol. The van der Waals surface area contributed by atoms with Crippen LogP contribution in [-0.2, 0) is 40.6 Å². The molecule has 0 bridgehead atoms. The van der Waals surface area contributed by atoms with Crippen molar-refractivity contribution in [2.45, 2.75) is 48.0 Å². The average Bonchev–Trinajstić information content (AvgIpc) is 3.08. The summed E-state index contributed by atoms with van der Waals surface area (Å²) in [5.41, 5.74) is 12.9. The summed E-state index contributed by atoms with van der Waals surface area (Å²) in [4.78, 5) is 19.2. The monoisotopic (exact) mass is 1040 g/mol. The van der Waals surface area contributed by atoms with Crippen LogP contribution in [-0.4, -0.2) is 32.4 Å². The number of nitrogens with zero attached hydrogens (tertiary/aromatic N) is 6. The molecule has 0 N–H and O–H groups in total. The second-order valence-corrected chi connectivity index (χ2v) is 11.8. The van der Waals surface area contributed by atoms with Crippen molar-refractivity contribution in [3.8, 4) is 22.8 Å². The first-order valence-electron chi connectivity index (χ1n) is 16.0. The first-order valence-corrected chi connectivity index (χ1v) is 16.0. The zero-order valence-corrected chi connectivity index (χ0v) is 38.7. The van der Waals surface area contributed by atoms with Crippen LogP contribution in [0.1, 0.15) is 47.2 Å². The van der Waals surface area contributed by atoms with Crippen LogP contribution in [0.3, 0.4) is 0 Å². The van der Waals surface area contributed by atoms with Gasteiger partial charge in [-0.25, -0.2) is 9.15 Å². The van der Waals surface area contributed by atoms with E-state index in [4.69, 9.17) is 9.97 Å². The number of hydrogen-bond acceptors (Lipinski definition) is 4. The summed E-state index contributed by atoms with van der Waals surface area (Å²) in [6.45, 7) is 12.8. The smallest absolute Gasteiger partial charge is 0.328 e. The van der Waals surface area contributed by atoms with Crippen LogP contribution in [0.4, 0.5) is 23.0 Å². The fourth-order valence-corrected chi connectivity index (χ4v) is 6.44. The molecule has 0 aliphatic carbocycles. The van der Waals surface area contributed by atoms with Gasteiger partial charge in [0.2, 0.25) is 11.4 Å². The summed E-state index contributed by atoms with van der Waals surface area (Å²) in [6, 6.07) is 33.2. The minimum Gasteiger partial charge on any atom is -1.00 e. The summed E-state index contributed by atoms with van der Waals surface area (Å²) in [5.74, 6) is 1.70. The second-order valence-electron chi connectivity index (χ2n) is 11.8. The first-order chi connectivity index (χ1) is 22.9. The van der Waals surface area contributed by atoms with Crippen LogP contribution in [0.15, 0.2) is 109 Å². The summed E-state index contributed by atoms with van der Waals surface area (Å²) in [7, 11) is 0. The van der Waals surface area contributed by atoms with E-state index in [2.05, 4.69) is 122 Å². The van der Waals surface area contributed by atoms with Crippen LogP contribution >= 0.6 is 0 Å². The molecule has 0 amide bonds. The maximum atomic E-state index is 5.07. The Bertz CT molecular complexity index is 1990. The van der Waals surface area contributed by atoms with Crippen molar-refractivity contribution < 1.29 is 102 Å². The van der Waals surface area contributed by atoms with Gasteiger partial charge in [-0.05, 0) is 111 Å². The van der Waals surface area contributed by atoms with Crippen LogP contribution in [0.5, 0.6) is 0 Å². The van der Waals surface area contributed by atoms with Gasteiger partial charge in [0.25, 0.3) is 0 Å². The molecule has 0 aliphatic rings. The number of aromatic nitrogens is 4. The molecule has 0 spiro atoms. The largest absolute Gasteiger partial charge is 1.00 e. The topological polar surface area (TPSA) is 57.6 Å². The molecule has 0 radical (unpaired) electrons. The van der Waals surface area contributed by atoms with Crippen molar-refractivity contribution in [2.24, 2.45) is 0 Å². The Morgan fingerprint density at radius 2 is 0.868 bits per heavy atom. The quantitative estimate of drug-likeness (QED) is 0.0948. The molecule has 0 atom stereocenters. The predicted octanol–water partition coefficient (Wildman–Crippen LogP) is -2.71. The zero-order valence-electron chi connectivity index (χ0n) is 30.2. The molecular formula is C41H40Br4Fe2N6-2. The Morgan fingerprint density at radius 1 is 0.491 bits per heavy atom. The molecule has 53 heavy (non-hydrogen) atoms. The van der Waals surface area contributed by atoms with Crippen molar-refractivity contribution >= 4 is 35.4 Å². The number of benzene rings is 2. The minimum absolute atomic E-state index is 0. The molecule has 0 fully saturated rings. The van der Waals surface area contributed by atoms with E-state index in [0.29, 0.717) is 0 Å². The maximum absolute atomic E-state index is 5.07. The number of hydrogen-bond donors (Lipinski definition) is 0. The van der Waals surface area contributed by atoms with Crippen molar-refractivity contribution in [1.29, 1.82) is 0 Å². The Balaban J connectivity index is 0.00000451.